The van der Waals surface area contributed by atoms with Crippen LogP contribution in [-0.4, -0.2) is 56.9 Å². The van der Waals surface area contributed by atoms with Gasteiger partial charge in [0.05, 0.1) is 40.9 Å². The maximum Gasteiger partial charge on any atom is 0.419 e. The van der Waals surface area contributed by atoms with E-state index in [-0.39, 0.29) is 23.9 Å². The third kappa shape index (κ3) is 7.84. The molecule has 2 atom stereocenters. The number of aryl methyl sites for hydroxylation is 1. The third-order valence-electron chi connectivity index (χ3n) is 7.47. The number of carbonyl (C=O) groups excluding carboxylic acids is 1. The van der Waals surface area contributed by atoms with Crippen LogP contribution in [0.15, 0.2) is 36.5 Å². The predicted molar refractivity (Wildman–Crippen MR) is 186 cm³/mol. The summed E-state index contributed by atoms with van der Waals surface area (Å²) in [6.07, 6.45) is 0.895. The highest BCUT2D eigenvalue weighted by atomic mass is 32.2. The molecular formula is C34H46FN5O5SSi. The van der Waals surface area contributed by atoms with Gasteiger partial charge in [-0.2, -0.15) is 5.26 Å². The number of ether oxygens (including phenoxy) is 3. The van der Waals surface area contributed by atoms with Crippen molar-refractivity contribution in [3.63, 3.8) is 0 Å². The quantitative estimate of drug-likeness (QED) is 0.0789. The second-order valence-electron chi connectivity index (χ2n) is 14.9. The van der Waals surface area contributed by atoms with E-state index in [1.165, 1.54) is 17.9 Å². The number of alkyl halides is 1. The number of halogens is 1. The number of nitrogens with zero attached hydrogens (tertiary/aromatic N) is 4. The van der Waals surface area contributed by atoms with Crippen LogP contribution in [0.3, 0.4) is 0 Å². The summed E-state index contributed by atoms with van der Waals surface area (Å²) in [5, 5.41) is 10.0. The van der Waals surface area contributed by atoms with Crippen molar-refractivity contribution in [2.24, 2.45) is 0 Å². The van der Waals surface area contributed by atoms with E-state index in [0.717, 1.165) is 6.04 Å². The van der Waals surface area contributed by atoms with Gasteiger partial charge in [-0.15, -0.1) is 0 Å². The Balaban J connectivity index is 2.06. The van der Waals surface area contributed by atoms with Gasteiger partial charge in [0.25, 0.3) is 5.79 Å². The Hall–Kier alpha value is -3.41. The Morgan fingerprint density at radius 1 is 1.15 bits per heavy atom. The summed E-state index contributed by atoms with van der Waals surface area (Å²) in [6.45, 7) is 19.4. The summed E-state index contributed by atoms with van der Waals surface area (Å²) >= 11 is -1.96. The van der Waals surface area contributed by atoms with Crippen LogP contribution in [0.4, 0.5) is 9.18 Å². The van der Waals surface area contributed by atoms with E-state index in [1.54, 1.807) is 83.4 Å². The van der Waals surface area contributed by atoms with Crippen molar-refractivity contribution in [1.29, 1.82) is 5.26 Å². The normalized spacial score (nSPS) is 14.6. The van der Waals surface area contributed by atoms with E-state index in [9.17, 15) is 14.6 Å². The van der Waals surface area contributed by atoms with Gasteiger partial charge in [0.1, 0.15) is 22.8 Å². The molecule has 1 N–H and O–H groups in total. The molecule has 2 unspecified atom stereocenters. The van der Waals surface area contributed by atoms with Gasteiger partial charge in [-0.3, -0.25) is 9.13 Å². The van der Waals surface area contributed by atoms with E-state index in [1.807, 2.05) is 0 Å². The first-order chi connectivity index (χ1) is 21.7. The van der Waals surface area contributed by atoms with Crippen molar-refractivity contribution in [2.45, 2.75) is 97.0 Å². The fraction of sp³-hybridized carbons (Fsp3) is 0.500. The highest BCUT2D eigenvalue weighted by Gasteiger charge is 2.50. The summed E-state index contributed by atoms with van der Waals surface area (Å²) in [5.41, 5.74) is 1.53. The van der Waals surface area contributed by atoms with Crippen molar-refractivity contribution in [3.8, 4) is 11.8 Å². The smallest absolute Gasteiger partial charge is 0.419 e. The molecule has 0 fully saturated rings. The minimum absolute atomic E-state index is 0.0142. The van der Waals surface area contributed by atoms with E-state index >= 15 is 4.39 Å². The number of hydrogen-bond donors (Lipinski definition) is 1. The van der Waals surface area contributed by atoms with Crippen LogP contribution in [0, 0.1) is 18.3 Å². The number of rotatable bonds is 10. The molecule has 0 radical (unpaired) electrons. The van der Waals surface area contributed by atoms with Gasteiger partial charge < -0.3 is 18.8 Å². The van der Waals surface area contributed by atoms with Crippen LogP contribution in [0.5, 0.6) is 5.75 Å². The summed E-state index contributed by atoms with van der Waals surface area (Å²) in [7, 11) is -0.0118. The van der Waals surface area contributed by atoms with Crippen molar-refractivity contribution < 1.29 is 27.9 Å². The van der Waals surface area contributed by atoms with Crippen molar-refractivity contribution in [3.05, 3.63) is 59.0 Å². The molecule has 0 amide bonds. The number of nitrogens with one attached hydrogen (secondary N) is 1. The lowest BCUT2D eigenvalue weighted by molar-refractivity contribution is 0.0544. The Bertz CT molecular complexity index is 1830. The van der Waals surface area contributed by atoms with Crippen molar-refractivity contribution >= 4 is 47.5 Å². The Labute approximate surface area is 280 Å². The fourth-order valence-electron chi connectivity index (χ4n) is 5.10. The molecule has 0 saturated carbocycles. The van der Waals surface area contributed by atoms with Crippen LogP contribution in [-0.2, 0) is 33.4 Å². The summed E-state index contributed by atoms with van der Waals surface area (Å²) in [6, 6.07) is 11.2. The second kappa shape index (κ2) is 13.2. The topological polar surface area (TPSA) is 126 Å². The summed E-state index contributed by atoms with van der Waals surface area (Å²) in [4.78, 5) is 18.1. The molecule has 0 saturated heterocycles. The van der Waals surface area contributed by atoms with Crippen LogP contribution in [0.1, 0.15) is 64.1 Å². The molecule has 2 heterocycles. The van der Waals surface area contributed by atoms with Gasteiger partial charge in [-0.25, -0.2) is 14.2 Å². The maximum absolute atomic E-state index is 18.7. The lowest BCUT2D eigenvalue weighted by atomic mass is 9.96. The molecule has 2 aromatic carbocycles. The molecule has 0 aliphatic heterocycles. The van der Waals surface area contributed by atoms with E-state index in [0.29, 0.717) is 39.7 Å². The number of aromatic nitrogens is 3. The summed E-state index contributed by atoms with van der Waals surface area (Å²) < 4.78 is 54.9. The first kappa shape index (κ1) is 36.4. The molecular weight excluding hydrogens is 638 g/mol. The van der Waals surface area contributed by atoms with Gasteiger partial charge in [-0.05, 0) is 90.4 Å². The molecule has 4 aromatic rings. The largest absolute Gasteiger partial charge is 0.598 e. The van der Waals surface area contributed by atoms with Crippen LogP contribution < -0.4 is 9.46 Å². The molecule has 13 heteroatoms. The van der Waals surface area contributed by atoms with Gasteiger partial charge in [0, 0.05) is 37.6 Å². The maximum atomic E-state index is 18.7. The minimum Gasteiger partial charge on any atom is -0.598 e. The molecule has 0 bridgehead atoms. The van der Waals surface area contributed by atoms with Gasteiger partial charge in [0.15, 0.2) is 5.82 Å². The zero-order valence-electron chi connectivity index (χ0n) is 29.2. The molecule has 0 spiro atoms. The molecule has 254 valence electrons. The second-order valence-corrected chi connectivity index (χ2v) is 22.5. The van der Waals surface area contributed by atoms with Crippen molar-refractivity contribution in [2.75, 3.05) is 13.7 Å². The zero-order valence-corrected chi connectivity index (χ0v) is 31.0. The average Bonchev–Trinajstić information content (AvgIpc) is 3.55. The monoisotopic (exact) mass is 683 g/mol. The van der Waals surface area contributed by atoms with E-state index < -0.39 is 41.7 Å². The Morgan fingerprint density at radius 2 is 1.83 bits per heavy atom. The first-order valence-corrected chi connectivity index (χ1v) is 20.4. The Morgan fingerprint density at radius 3 is 2.40 bits per heavy atom. The molecule has 47 heavy (non-hydrogen) atoms. The van der Waals surface area contributed by atoms with Crippen molar-refractivity contribution in [1.82, 2.24) is 18.8 Å². The van der Waals surface area contributed by atoms with Crippen LogP contribution in [0.2, 0.25) is 25.7 Å². The van der Waals surface area contributed by atoms with Gasteiger partial charge in [-0.1, -0.05) is 24.4 Å². The number of nitriles is 1. The lowest BCUT2D eigenvalue weighted by Crippen LogP contribution is -2.51. The molecule has 0 aliphatic rings. The summed E-state index contributed by atoms with van der Waals surface area (Å²) in [5.74, 6) is -2.72. The molecule has 4 rings (SSSR count). The first-order valence-electron chi connectivity index (χ1n) is 15.5. The number of methoxy groups -OCH3 is 1. The standard InChI is InChI=1S/C34H46FN5O5SSi/c1-22-18-27(43-8)28(24-14-15-39(29(22)24)31(41)45-32(2,3)4)34(35,38-46(42)33(5,6)7)30-37-25-13-12-23(20-36)19-26(25)40(30)21-44-16-17-47(9,10)11/h12-15,18-19,38H,16-17,21H2,1-11H3. The van der Waals surface area contributed by atoms with Crippen LogP contribution in [0.25, 0.3) is 21.9 Å². The van der Waals surface area contributed by atoms with Gasteiger partial charge in [0.2, 0.25) is 0 Å². The number of benzene rings is 2. The molecule has 10 nitrogen and oxygen atoms in total. The van der Waals surface area contributed by atoms with Gasteiger partial charge >= 0.3 is 6.09 Å². The zero-order chi connectivity index (χ0) is 35.1. The highest BCUT2D eigenvalue weighted by molar-refractivity contribution is 7.90. The molecule has 2 aromatic heterocycles. The minimum atomic E-state index is -2.75. The number of hydrogen-bond acceptors (Lipinski definition) is 8. The average molecular weight is 684 g/mol. The molecule has 0 aliphatic carbocycles. The SMILES string of the molecule is COc1cc(C)c2c(ccn2C(=O)OC(C)(C)C)c1C(F)(N[S+]([O-])C(C)(C)C)c1nc2ccc(C#N)cc2n1COCC[Si](C)(C)C. The fourth-order valence-corrected chi connectivity index (χ4v) is 6.61. The third-order valence-corrected chi connectivity index (χ3v) is 10.8. The number of carbonyl (C=O) groups is 1. The lowest BCUT2D eigenvalue weighted by Gasteiger charge is -2.33. The number of imidazole rings is 1. The van der Waals surface area contributed by atoms with E-state index in [2.05, 4.69) is 30.4 Å². The predicted octanol–water partition coefficient (Wildman–Crippen LogP) is 7.50. The van der Waals surface area contributed by atoms with E-state index in [4.69, 9.17) is 19.2 Å². The number of fused-ring (bicyclic) bond motifs is 2. The Kier molecular flexibility index (Phi) is 10.3. The highest BCUT2D eigenvalue weighted by Crippen LogP contribution is 2.45. The van der Waals surface area contributed by atoms with Crippen LogP contribution >= 0.6 is 0 Å².